The number of allylic oxidation sites excluding steroid dienone is 2. The van der Waals surface area contributed by atoms with E-state index >= 15 is 0 Å². The lowest BCUT2D eigenvalue weighted by Crippen LogP contribution is -2.36. The van der Waals surface area contributed by atoms with E-state index in [2.05, 4.69) is 13.8 Å². The van der Waals surface area contributed by atoms with Crippen LogP contribution in [0.2, 0.25) is 0 Å². The number of hydrogen-bond acceptors (Lipinski definition) is 8. The molecule has 10 atom stereocenters. The van der Waals surface area contributed by atoms with Crippen LogP contribution in [0.4, 0.5) is 0 Å². The third-order valence-corrected chi connectivity index (χ3v) is 7.65. The largest absolute Gasteiger partial charge is 0.457 e. The number of aliphatic hydroxyl groups excluding tert-OH is 2. The Morgan fingerprint density at radius 1 is 1.30 bits per heavy atom. The van der Waals surface area contributed by atoms with Gasteiger partial charge in [0.05, 0.1) is 30.8 Å². The maximum Gasteiger partial charge on any atom is 0.309 e. The Kier molecular flexibility index (Phi) is 11.7. The van der Waals surface area contributed by atoms with E-state index in [1.54, 1.807) is 13.2 Å². The predicted octanol–water partition coefficient (Wildman–Crippen LogP) is 3.28. The van der Waals surface area contributed by atoms with Gasteiger partial charge in [-0.15, -0.1) is 0 Å². The van der Waals surface area contributed by atoms with E-state index in [1.165, 1.54) is 13.0 Å². The molecule has 0 aromatic rings. The highest BCUT2D eigenvalue weighted by molar-refractivity contribution is 5.96. The maximum atomic E-state index is 12.5. The van der Waals surface area contributed by atoms with Gasteiger partial charge in [0.1, 0.15) is 17.8 Å². The molecular weight excluding hydrogens is 476 g/mol. The summed E-state index contributed by atoms with van der Waals surface area (Å²) in [6.45, 7) is 11.1. The summed E-state index contributed by atoms with van der Waals surface area (Å²) in [4.78, 5) is 24.9. The van der Waals surface area contributed by atoms with Gasteiger partial charge in [-0.1, -0.05) is 52.0 Å². The molecule has 0 aromatic carbocycles. The first-order valence-electron chi connectivity index (χ1n) is 13.4. The number of ether oxygens (including phenoxy) is 3. The molecule has 8 heteroatoms. The average Bonchev–Trinajstić information content (AvgIpc) is 3.64. The quantitative estimate of drug-likeness (QED) is 0.239. The minimum atomic E-state index is -1.61. The summed E-state index contributed by atoms with van der Waals surface area (Å²) in [7, 11) is 1.69. The summed E-state index contributed by atoms with van der Waals surface area (Å²) in [5.41, 5.74) is -0.863. The van der Waals surface area contributed by atoms with Crippen LogP contribution in [-0.2, 0) is 23.8 Å². The number of cyclic esters (lactones) is 1. The zero-order valence-electron chi connectivity index (χ0n) is 23.3. The number of hydrogen-bond donors (Lipinski definition) is 3. The highest BCUT2D eigenvalue weighted by Crippen LogP contribution is 2.37. The van der Waals surface area contributed by atoms with Gasteiger partial charge in [0.15, 0.2) is 5.78 Å². The van der Waals surface area contributed by atoms with Crippen molar-refractivity contribution < 1.29 is 39.1 Å². The van der Waals surface area contributed by atoms with Gasteiger partial charge in [-0.05, 0) is 44.8 Å². The molecule has 210 valence electrons. The van der Waals surface area contributed by atoms with Crippen LogP contribution in [0, 0.1) is 17.8 Å². The van der Waals surface area contributed by atoms with Crippen LogP contribution in [0.1, 0.15) is 67.2 Å². The van der Waals surface area contributed by atoms with Crippen molar-refractivity contribution in [1.82, 2.24) is 0 Å². The molecule has 0 aliphatic carbocycles. The zero-order valence-corrected chi connectivity index (χ0v) is 23.3. The second-order valence-corrected chi connectivity index (χ2v) is 10.9. The molecule has 0 bridgehead atoms. The van der Waals surface area contributed by atoms with Crippen molar-refractivity contribution in [3.8, 4) is 0 Å². The number of epoxide rings is 1. The maximum absolute atomic E-state index is 12.5. The number of carbonyl (C=O) groups excluding carboxylic acids is 2. The Hall–Kier alpha value is -1.84. The van der Waals surface area contributed by atoms with Gasteiger partial charge in [-0.2, -0.15) is 0 Å². The monoisotopic (exact) mass is 522 g/mol. The summed E-state index contributed by atoms with van der Waals surface area (Å²) in [6, 6.07) is 0. The SMILES string of the molecule is CCC(OC)C(C)C1OC1C(O)C(C)/C=C/C=C(\C)C1OC(=O)CC(O)CC[C@@](C)(O)C(=O)/C=C/C1C. The summed E-state index contributed by atoms with van der Waals surface area (Å²) < 4.78 is 17.0. The van der Waals surface area contributed by atoms with Crippen molar-refractivity contribution in [3.63, 3.8) is 0 Å². The van der Waals surface area contributed by atoms with Gasteiger partial charge in [-0.3, -0.25) is 9.59 Å². The number of rotatable bonds is 9. The Bertz CT molecular complexity index is 856. The van der Waals surface area contributed by atoms with Gasteiger partial charge in [0.2, 0.25) is 0 Å². The molecule has 3 N–H and O–H groups in total. The fraction of sp³-hybridized carbons (Fsp3) is 0.724. The van der Waals surface area contributed by atoms with E-state index in [1.807, 2.05) is 39.0 Å². The number of aliphatic hydroxyl groups is 3. The van der Waals surface area contributed by atoms with E-state index < -0.39 is 35.7 Å². The first-order valence-corrected chi connectivity index (χ1v) is 13.4. The first kappa shape index (κ1) is 31.4. The third kappa shape index (κ3) is 8.86. The molecular formula is C29H46O8. The lowest BCUT2D eigenvalue weighted by atomic mass is 9.90. The molecule has 2 aliphatic rings. The molecule has 0 saturated carbocycles. The zero-order chi connectivity index (χ0) is 27.9. The number of methoxy groups -OCH3 is 1. The van der Waals surface area contributed by atoms with Crippen LogP contribution in [0.3, 0.4) is 0 Å². The molecule has 2 rings (SSSR count). The second kappa shape index (κ2) is 13.8. The van der Waals surface area contributed by atoms with Crippen molar-refractivity contribution in [3.05, 3.63) is 36.0 Å². The number of ketones is 1. The van der Waals surface area contributed by atoms with Gasteiger partial charge >= 0.3 is 5.97 Å². The predicted molar refractivity (Wildman–Crippen MR) is 141 cm³/mol. The lowest BCUT2D eigenvalue weighted by molar-refractivity contribution is -0.151. The topological polar surface area (TPSA) is 126 Å². The number of esters is 1. The normalized spacial score (nSPS) is 36.2. The third-order valence-electron chi connectivity index (χ3n) is 7.65. The second-order valence-electron chi connectivity index (χ2n) is 10.9. The van der Waals surface area contributed by atoms with Crippen molar-refractivity contribution in [2.75, 3.05) is 7.11 Å². The molecule has 0 spiro atoms. The van der Waals surface area contributed by atoms with Crippen molar-refractivity contribution in [2.45, 2.75) is 109 Å². The van der Waals surface area contributed by atoms with Crippen molar-refractivity contribution >= 4 is 11.8 Å². The van der Waals surface area contributed by atoms with E-state index in [4.69, 9.17) is 14.2 Å². The van der Waals surface area contributed by atoms with Crippen LogP contribution in [0.15, 0.2) is 36.0 Å². The molecule has 0 amide bonds. The molecule has 37 heavy (non-hydrogen) atoms. The smallest absolute Gasteiger partial charge is 0.309 e. The minimum absolute atomic E-state index is 0.0323. The molecule has 8 nitrogen and oxygen atoms in total. The molecule has 1 fully saturated rings. The fourth-order valence-electron chi connectivity index (χ4n) is 4.88. The Balaban J connectivity index is 2.09. The number of carbonyl (C=O) groups is 2. The van der Waals surface area contributed by atoms with Crippen molar-refractivity contribution in [1.29, 1.82) is 0 Å². The van der Waals surface area contributed by atoms with E-state index in [-0.39, 0.29) is 55.3 Å². The summed E-state index contributed by atoms with van der Waals surface area (Å²) in [5, 5.41) is 31.4. The van der Waals surface area contributed by atoms with Gasteiger partial charge < -0.3 is 29.5 Å². The Labute approximate surface area is 221 Å². The van der Waals surface area contributed by atoms with Crippen LogP contribution in [-0.4, -0.2) is 76.4 Å². The molecule has 0 radical (unpaired) electrons. The Morgan fingerprint density at radius 2 is 1.97 bits per heavy atom. The van der Waals surface area contributed by atoms with Crippen molar-refractivity contribution in [2.24, 2.45) is 17.8 Å². The van der Waals surface area contributed by atoms with E-state index in [9.17, 15) is 24.9 Å². The van der Waals surface area contributed by atoms with Crippen LogP contribution in [0.5, 0.6) is 0 Å². The summed E-state index contributed by atoms with van der Waals surface area (Å²) in [5.74, 6) is -1.32. The van der Waals surface area contributed by atoms with Crippen LogP contribution >= 0.6 is 0 Å². The minimum Gasteiger partial charge on any atom is -0.457 e. The summed E-state index contributed by atoms with van der Waals surface area (Å²) >= 11 is 0. The highest BCUT2D eigenvalue weighted by Gasteiger charge is 2.50. The van der Waals surface area contributed by atoms with Crippen LogP contribution in [0.25, 0.3) is 0 Å². The fourth-order valence-corrected chi connectivity index (χ4v) is 4.88. The lowest BCUT2D eigenvalue weighted by Gasteiger charge is -2.26. The molecule has 1 saturated heterocycles. The van der Waals surface area contributed by atoms with Gasteiger partial charge in [-0.25, -0.2) is 0 Å². The first-order chi connectivity index (χ1) is 17.3. The standard InChI is InChI=1S/C29H46O8/c1-8-22(35-7)20(5)27-28(37-27)25(33)17(2)10-9-11-18(3)26-19(4)12-13-23(31)29(6,34)15-14-21(30)16-24(32)36-26/h9-13,17,19-22,25-28,30,33-34H,8,14-16H2,1-7H3/b10-9+,13-12+,18-11+/t17?,19?,20?,21?,22?,25?,26?,27?,28?,29-/m1/s1. The van der Waals surface area contributed by atoms with E-state index in [0.29, 0.717) is 0 Å². The molecule has 9 unspecified atom stereocenters. The van der Waals surface area contributed by atoms with E-state index in [0.717, 1.165) is 12.0 Å². The molecule has 2 heterocycles. The van der Waals surface area contributed by atoms with Gasteiger partial charge in [0, 0.05) is 24.9 Å². The summed E-state index contributed by atoms with van der Waals surface area (Å²) in [6.07, 6.45) is 6.79. The highest BCUT2D eigenvalue weighted by atomic mass is 16.6. The van der Waals surface area contributed by atoms with Crippen LogP contribution < -0.4 is 0 Å². The Morgan fingerprint density at radius 3 is 2.59 bits per heavy atom. The molecule has 2 aliphatic heterocycles. The van der Waals surface area contributed by atoms with Gasteiger partial charge in [0.25, 0.3) is 0 Å². The average molecular weight is 523 g/mol. The molecule has 0 aromatic heterocycles.